The third-order valence-corrected chi connectivity index (χ3v) is 3.70. The van der Waals surface area contributed by atoms with Crippen molar-refractivity contribution < 1.29 is 9.47 Å². The minimum Gasteiger partial charge on any atom is -0.496 e. The van der Waals surface area contributed by atoms with Crippen molar-refractivity contribution in [2.24, 2.45) is 5.92 Å². The van der Waals surface area contributed by atoms with E-state index in [1.54, 1.807) is 14.2 Å². The van der Waals surface area contributed by atoms with Crippen LogP contribution >= 0.6 is 15.9 Å². The second kappa shape index (κ2) is 9.16. The Morgan fingerprint density at radius 1 is 1.35 bits per heavy atom. The van der Waals surface area contributed by atoms with Crippen LogP contribution in [0, 0.1) is 5.92 Å². The first-order valence-corrected chi connectivity index (χ1v) is 7.61. The van der Waals surface area contributed by atoms with E-state index in [9.17, 15) is 0 Å². The molecule has 0 fully saturated rings. The normalized spacial score (nSPS) is 12.0. The van der Waals surface area contributed by atoms with Gasteiger partial charge in [-0.1, -0.05) is 31.6 Å². The molecule has 112 valence electrons. The maximum Gasteiger partial charge on any atom is 0.133 e. The number of methoxy groups -OCH3 is 2. The second-order valence-electron chi connectivity index (χ2n) is 4.94. The molecule has 20 heavy (non-hydrogen) atoms. The van der Waals surface area contributed by atoms with Gasteiger partial charge in [0.05, 0.1) is 18.2 Å². The topological polar surface area (TPSA) is 30.5 Å². The van der Waals surface area contributed by atoms with Gasteiger partial charge in [0, 0.05) is 20.2 Å². The number of halogens is 1. The molecule has 4 heteroatoms. The van der Waals surface area contributed by atoms with E-state index in [1.165, 1.54) is 11.1 Å². The molecule has 0 saturated heterocycles. The smallest absolute Gasteiger partial charge is 0.133 e. The Hall–Kier alpha value is -0.840. The molecule has 0 aromatic heterocycles. The van der Waals surface area contributed by atoms with Crippen LogP contribution in [-0.2, 0) is 4.74 Å². The van der Waals surface area contributed by atoms with Gasteiger partial charge in [0.25, 0.3) is 0 Å². The maximum atomic E-state index is 5.25. The van der Waals surface area contributed by atoms with Crippen LogP contribution in [0.4, 0.5) is 0 Å². The lowest BCUT2D eigenvalue weighted by Crippen LogP contribution is -2.23. The average Bonchev–Trinajstić information content (AvgIpc) is 2.42. The Bertz CT molecular complexity index is 444. The summed E-state index contributed by atoms with van der Waals surface area (Å²) in [5, 5.41) is 3.40. The Morgan fingerprint density at radius 3 is 2.65 bits per heavy atom. The number of rotatable bonds is 8. The standard InChI is InChI=1S/C16H24BrNO2/c1-12(2)14(11-18-7-8-19-3)9-13-5-6-16(20-4)15(17)10-13/h5-6,9-10,12,18H,7-8,11H2,1-4H3. The van der Waals surface area contributed by atoms with Gasteiger partial charge in [-0.05, 0) is 39.5 Å². The zero-order valence-corrected chi connectivity index (χ0v) is 14.3. The summed E-state index contributed by atoms with van der Waals surface area (Å²) >= 11 is 3.52. The highest BCUT2D eigenvalue weighted by molar-refractivity contribution is 9.10. The molecule has 1 rings (SSSR count). The summed E-state index contributed by atoms with van der Waals surface area (Å²) in [6.45, 7) is 6.90. The van der Waals surface area contributed by atoms with E-state index >= 15 is 0 Å². The molecule has 1 N–H and O–H groups in total. The lowest BCUT2D eigenvalue weighted by atomic mass is 10.00. The quantitative estimate of drug-likeness (QED) is 0.730. The number of ether oxygens (including phenoxy) is 2. The molecule has 0 radical (unpaired) electrons. The molecule has 0 aliphatic heterocycles. The first-order chi connectivity index (χ1) is 9.58. The lowest BCUT2D eigenvalue weighted by Gasteiger charge is -2.13. The number of benzene rings is 1. The molecule has 3 nitrogen and oxygen atoms in total. The summed E-state index contributed by atoms with van der Waals surface area (Å²) < 4.78 is 11.3. The van der Waals surface area contributed by atoms with Gasteiger partial charge < -0.3 is 14.8 Å². The molecular formula is C16H24BrNO2. The summed E-state index contributed by atoms with van der Waals surface area (Å²) in [7, 11) is 3.39. The minimum absolute atomic E-state index is 0.505. The Balaban J connectivity index is 2.77. The summed E-state index contributed by atoms with van der Waals surface area (Å²) in [6, 6.07) is 6.13. The zero-order valence-electron chi connectivity index (χ0n) is 12.7. The summed E-state index contributed by atoms with van der Waals surface area (Å²) in [5.74, 6) is 1.36. The molecule has 0 saturated carbocycles. The fourth-order valence-corrected chi connectivity index (χ4v) is 2.37. The minimum atomic E-state index is 0.505. The van der Waals surface area contributed by atoms with Crippen LogP contribution in [0.1, 0.15) is 19.4 Å². The lowest BCUT2D eigenvalue weighted by molar-refractivity contribution is 0.200. The Kier molecular flexibility index (Phi) is 7.88. The van der Waals surface area contributed by atoms with Crippen LogP contribution in [0.25, 0.3) is 6.08 Å². The van der Waals surface area contributed by atoms with Crippen LogP contribution < -0.4 is 10.1 Å². The third kappa shape index (κ3) is 5.65. The average molecular weight is 342 g/mol. The Labute approximate surface area is 130 Å². The molecule has 0 amide bonds. The van der Waals surface area contributed by atoms with Crippen molar-refractivity contribution in [2.75, 3.05) is 33.9 Å². The van der Waals surface area contributed by atoms with Crippen LogP contribution in [0.3, 0.4) is 0 Å². The summed E-state index contributed by atoms with van der Waals surface area (Å²) in [5.41, 5.74) is 2.55. The molecule has 0 bridgehead atoms. The van der Waals surface area contributed by atoms with Crippen molar-refractivity contribution in [3.8, 4) is 5.75 Å². The number of hydrogen-bond donors (Lipinski definition) is 1. The predicted molar refractivity (Wildman–Crippen MR) is 88.3 cm³/mol. The van der Waals surface area contributed by atoms with Crippen molar-refractivity contribution in [3.63, 3.8) is 0 Å². The SMILES string of the molecule is COCCNCC(=Cc1ccc(OC)c(Br)c1)C(C)C. The van der Waals surface area contributed by atoms with E-state index in [0.717, 1.165) is 29.9 Å². The first kappa shape index (κ1) is 17.2. The van der Waals surface area contributed by atoms with E-state index in [4.69, 9.17) is 9.47 Å². The van der Waals surface area contributed by atoms with Crippen molar-refractivity contribution in [1.82, 2.24) is 5.32 Å². The van der Waals surface area contributed by atoms with Crippen molar-refractivity contribution in [2.45, 2.75) is 13.8 Å². The molecule has 1 aromatic carbocycles. The third-order valence-electron chi connectivity index (χ3n) is 3.08. The Morgan fingerprint density at radius 2 is 2.10 bits per heavy atom. The molecule has 0 unspecified atom stereocenters. The summed E-state index contributed by atoms with van der Waals surface area (Å²) in [6.07, 6.45) is 2.23. The molecule has 0 heterocycles. The van der Waals surface area contributed by atoms with Crippen molar-refractivity contribution in [1.29, 1.82) is 0 Å². The van der Waals surface area contributed by atoms with Crippen molar-refractivity contribution in [3.05, 3.63) is 33.8 Å². The molecule has 1 aromatic rings. The van der Waals surface area contributed by atoms with Gasteiger partial charge in [0.15, 0.2) is 0 Å². The summed E-state index contributed by atoms with van der Waals surface area (Å²) in [4.78, 5) is 0. The van der Waals surface area contributed by atoms with Gasteiger partial charge in [0.2, 0.25) is 0 Å². The van der Waals surface area contributed by atoms with E-state index in [-0.39, 0.29) is 0 Å². The van der Waals surface area contributed by atoms with Crippen LogP contribution in [0.5, 0.6) is 5.75 Å². The van der Waals surface area contributed by atoms with Gasteiger partial charge in [-0.15, -0.1) is 0 Å². The zero-order chi connectivity index (χ0) is 15.0. The van der Waals surface area contributed by atoms with Gasteiger partial charge in [-0.3, -0.25) is 0 Å². The predicted octanol–water partition coefficient (Wildman–Crippen LogP) is 3.73. The van der Waals surface area contributed by atoms with Gasteiger partial charge in [-0.25, -0.2) is 0 Å². The molecule has 0 spiro atoms. The van der Waals surface area contributed by atoms with Gasteiger partial charge in [0.1, 0.15) is 5.75 Å². The molecule has 0 aliphatic rings. The first-order valence-electron chi connectivity index (χ1n) is 6.82. The van der Waals surface area contributed by atoms with Crippen molar-refractivity contribution >= 4 is 22.0 Å². The second-order valence-corrected chi connectivity index (χ2v) is 5.79. The van der Waals surface area contributed by atoms with Crippen LogP contribution in [0.2, 0.25) is 0 Å². The van der Waals surface area contributed by atoms with E-state index in [0.29, 0.717) is 5.92 Å². The fraction of sp³-hybridized carbons (Fsp3) is 0.500. The van der Waals surface area contributed by atoms with Gasteiger partial charge in [-0.2, -0.15) is 0 Å². The van der Waals surface area contributed by atoms with Crippen LogP contribution in [-0.4, -0.2) is 33.9 Å². The van der Waals surface area contributed by atoms with E-state index in [2.05, 4.69) is 53.3 Å². The number of hydrogen-bond acceptors (Lipinski definition) is 3. The van der Waals surface area contributed by atoms with Crippen LogP contribution in [0.15, 0.2) is 28.2 Å². The molecule has 0 atom stereocenters. The van der Waals surface area contributed by atoms with E-state index < -0.39 is 0 Å². The highest BCUT2D eigenvalue weighted by Gasteiger charge is 2.05. The highest BCUT2D eigenvalue weighted by Crippen LogP contribution is 2.27. The molecular weight excluding hydrogens is 318 g/mol. The monoisotopic (exact) mass is 341 g/mol. The largest absolute Gasteiger partial charge is 0.496 e. The maximum absolute atomic E-state index is 5.25. The van der Waals surface area contributed by atoms with Gasteiger partial charge >= 0.3 is 0 Å². The van der Waals surface area contributed by atoms with E-state index in [1.807, 2.05) is 6.07 Å². The number of nitrogens with one attached hydrogen (secondary N) is 1. The fourth-order valence-electron chi connectivity index (χ4n) is 1.82. The highest BCUT2D eigenvalue weighted by atomic mass is 79.9. The molecule has 0 aliphatic carbocycles.